The van der Waals surface area contributed by atoms with Crippen molar-refractivity contribution in [3.8, 4) is 0 Å². The summed E-state index contributed by atoms with van der Waals surface area (Å²) in [5.41, 5.74) is 3.09. The number of rotatable bonds is 5. The first-order chi connectivity index (χ1) is 10.1. The molecule has 0 atom stereocenters. The van der Waals surface area contributed by atoms with E-state index in [0.29, 0.717) is 0 Å². The molecule has 112 valence electrons. The van der Waals surface area contributed by atoms with Gasteiger partial charge in [0.15, 0.2) is 0 Å². The Morgan fingerprint density at radius 3 is 2.38 bits per heavy atom. The minimum atomic E-state index is 0.181. The minimum Gasteiger partial charge on any atom is -0.336 e. The fraction of sp³-hybridized carbons (Fsp3) is 0.353. The number of allylic oxidation sites excluding steroid dienone is 2. The van der Waals surface area contributed by atoms with Gasteiger partial charge >= 0.3 is 0 Å². The van der Waals surface area contributed by atoms with Crippen LogP contribution in [-0.2, 0) is 4.79 Å². The Kier molecular flexibility index (Phi) is 6.28. The van der Waals surface area contributed by atoms with Gasteiger partial charge in [0.25, 0.3) is 0 Å². The van der Waals surface area contributed by atoms with Gasteiger partial charge in [-0.05, 0) is 63.6 Å². The summed E-state index contributed by atoms with van der Waals surface area (Å²) in [4.78, 5) is 14.9. The SMILES string of the molecule is CCC/C(I)=C1/C(=O)C(I)=C(c2ccccc2)N1CCC. The number of carbonyl (C=O) groups is 1. The fourth-order valence-corrected chi connectivity index (χ4v) is 4.43. The van der Waals surface area contributed by atoms with Crippen molar-refractivity contribution < 1.29 is 4.79 Å². The average Bonchev–Trinajstić information content (AvgIpc) is 2.72. The molecule has 0 radical (unpaired) electrons. The Labute approximate surface area is 154 Å². The van der Waals surface area contributed by atoms with Crippen LogP contribution in [0.1, 0.15) is 38.7 Å². The lowest BCUT2D eigenvalue weighted by Gasteiger charge is -2.24. The molecule has 21 heavy (non-hydrogen) atoms. The van der Waals surface area contributed by atoms with Crippen molar-refractivity contribution in [1.82, 2.24) is 4.90 Å². The predicted octanol–water partition coefficient (Wildman–Crippen LogP) is 5.53. The maximum absolute atomic E-state index is 12.7. The van der Waals surface area contributed by atoms with E-state index < -0.39 is 0 Å². The minimum absolute atomic E-state index is 0.181. The summed E-state index contributed by atoms with van der Waals surface area (Å²) >= 11 is 4.55. The third-order valence-corrected chi connectivity index (χ3v) is 5.43. The summed E-state index contributed by atoms with van der Waals surface area (Å²) in [6, 6.07) is 10.2. The van der Waals surface area contributed by atoms with Crippen LogP contribution in [0, 0.1) is 0 Å². The Morgan fingerprint density at radius 2 is 1.81 bits per heavy atom. The van der Waals surface area contributed by atoms with Crippen LogP contribution in [-0.4, -0.2) is 17.2 Å². The second kappa shape index (κ2) is 7.76. The van der Waals surface area contributed by atoms with Gasteiger partial charge in [0.2, 0.25) is 5.78 Å². The van der Waals surface area contributed by atoms with Crippen LogP contribution in [0.15, 0.2) is 43.2 Å². The number of carbonyl (C=O) groups excluding carboxylic acids is 1. The van der Waals surface area contributed by atoms with E-state index in [9.17, 15) is 4.79 Å². The highest BCUT2D eigenvalue weighted by Gasteiger charge is 2.35. The second-order valence-electron chi connectivity index (χ2n) is 5.01. The van der Waals surface area contributed by atoms with Gasteiger partial charge in [0.1, 0.15) is 0 Å². The largest absolute Gasteiger partial charge is 0.336 e. The molecule has 1 aliphatic rings. The lowest BCUT2D eigenvalue weighted by atomic mass is 10.1. The third kappa shape index (κ3) is 3.52. The van der Waals surface area contributed by atoms with Crippen LogP contribution in [0.5, 0.6) is 0 Å². The van der Waals surface area contributed by atoms with Crippen molar-refractivity contribution in [3.05, 3.63) is 48.8 Å². The number of halogens is 2. The molecule has 1 heterocycles. The van der Waals surface area contributed by atoms with Crippen molar-refractivity contribution in [1.29, 1.82) is 0 Å². The monoisotopic (exact) mass is 507 g/mol. The third-order valence-electron chi connectivity index (χ3n) is 3.38. The number of hydrogen-bond acceptors (Lipinski definition) is 2. The van der Waals surface area contributed by atoms with Crippen LogP contribution in [0.2, 0.25) is 0 Å². The quantitative estimate of drug-likeness (QED) is 0.386. The first-order valence-electron chi connectivity index (χ1n) is 7.27. The van der Waals surface area contributed by atoms with Gasteiger partial charge < -0.3 is 4.90 Å². The Hall–Kier alpha value is -0.370. The molecule has 1 aromatic rings. The van der Waals surface area contributed by atoms with Gasteiger partial charge in [-0.15, -0.1) is 0 Å². The first kappa shape index (κ1) is 17.0. The molecular weight excluding hydrogens is 488 g/mol. The maximum Gasteiger partial charge on any atom is 0.218 e. The molecule has 0 aliphatic carbocycles. The second-order valence-corrected chi connectivity index (χ2v) is 7.39. The Morgan fingerprint density at radius 1 is 1.14 bits per heavy atom. The van der Waals surface area contributed by atoms with Crippen LogP contribution in [0.25, 0.3) is 5.70 Å². The molecule has 0 amide bonds. The Balaban J connectivity index is 2.53. The smallest absolute Gasteiger partial charge is 0.218 e. The number of hydrogen-bond donors (Lipinski definition) is 0. The van der Waals surface area contributed by atoms with Crippen molar-refractivity contribution in [3.63, 3.8) is 0 Å². The number of nitrogens with zero attached hydrogens (tertiary/aromatic N) is 1. The van der Waals surface area contributed by atoms with Crippen LogP contribution < -0.4 is 0 Å². The molecule has 4 heteroatoms. The Bertz CT molecular complexity index is 590. The van der Waals surface area contributed by atoms with Crippen LogP contribution in [0.3, 0.4) is 0 Å². The molecule has 0 aromatic heterocycles. The zero-order valence-electron chi connectivity index (χ0n) is 12.3. The molecule has 2 nitrogen and oxygen atoms in total. The van der Waals surface area contributed by atoms with E-state index in [1.54, 1.807) is 0 Å². The molecule has 0 spiro atoms. The summed E-state index contributed by atoms with van der Waals surface area (Å²) in [6.45, 7) is 5.19. The van der Waals surface area contributed by atoms with E-state index in [-0.39, 0.29) is 5.78 Å². The normalized spacial score (nSPS) is 17.7. The van der Waals surface area contributed by atoms with E-state index in [0.717, 1.165) is 46.3 Å². The molecular formula is C17H19I2NO. The van der Waals surface area contributed by atoms with Gasteiger partial charge in [0, 0.05) is 10.1 Å². The maximum atomic E-state index is 12.7. The number of ketones is 1. The van der Waals surface area contributed by atoms with E-state index in [1.807, 2.05) is 18.2 Å². The summed E-state index contributed by atoms with van der Waals surface area (Å²) in [5.74, 6) is 0.181. The summed E-state index contributed by atoms with van der Waals surface area (Å²) < 4.78 is 2.01. The van der Waals surface area contributed by atoms with Crippen molar-refractivity contribution >= 4 is 56.7 Å². The molecule has 0 bridgehead atoms. The van der Waals surface area contributed by atoms with Crippen LogP contribution in [0.4, 0.5) is 0 Å². The van der Waals surface area contributed by atoms with E-state index in [2.05, 4.69) is 76.1 Å². The summed E-state index contributed by atoms with van der Waals surface area (Å²) in [7, 11) is 0. The zero-order chi connectivity index (χ0) is 15.4. The number of benzene rings is 1. The van der Waals surface area contributed by atoms with E-state index >= 15 is 0 Å². The van der Waals surface area contributed by atoms with Gasteiger partial charge in [-0.3, -0.25) is 4.79 Å². The van der Waals surface area contributed by atoms with Crippen molar-refractivity contribution in [2.75, 3.05) is 6.54 Å². The fourth-order valence-electron chi connectivity index (χ4n) is 2.50. The average molecular weight is 507 g/mol. The highest BCUT2D eigenvalue weighted by Crippen LogP contribution is 2.41. The molecule has 2 rings (SSSR count). The van der Waals surface area contributed by atoms with Crippen molar-refractivity contribution in [2.24, 2.45) is 0 Å². The molecule has 0 N–H and O–H groups in total. The lowest BCUT2D eigenvalue weighted by molar-refractivity contribution is -0.111. The summed E-state index contributed by atoms with van der Waals surface area (Å²) in [6.07, 6.45) is 3.05. The van der Waals surface area contributed by atoms with Gasteiger partial charge in [-0.2, -0.15) is 0 Å². The molecule has 1 aliphatic heterocycles. The van der Waals surface area contributed by atoms with Gasteiger partial charge in [-0.1, -0.05) is 50.6 Å². The molecule has 0 fully saturated rings. The highest BCUT2D eigenvalue weighted by molar-refractivity contribution is 14.1. The highest BCUT2D eigenvalue weighted by atomic mass is 127. The molecule has 0 saturated heterocycles. The summed E-state index contributed by atoms with van der Waals surface area (Å²) in [5, 5.41) is 0. The molecule has 0 saturated carbocycles. The predicted molar refractivity (Wildman–Crippen MR) is 105 cm³/mol. The standard InChI is InChI=1S/C17H19I2NO/c1-3-8-13(18)16-17(21)14(19)15(20(16)11-4-2)12-9-6-5-7-10-12/h5-7,9-10H,3-4,8,11H2,1-2H3/b16-13+. The number of Topliss-reactive ketones (excluding diaryl/α,β-unsaturated/α-hetero) is 1. The topological polar surface area (TPSA) is 20.3 Å². The molecule has 0 unspecified atom stereocenters. The molecule has 1 aromatic carbocycles. The van der Waals surface area contributed by atoms with E-state index in [4.69, 9.17) is 0 Å². The van der Waals surface area contributed by atoms with E-state index in [1.165, 1.54) is 3.58 Å². The lowest BCUT2D eigenvalue weighted by Crippen LogP contribution is -2.21. The van der Waals surface area contributed by atoms with Crippen LogP contribution >= 0.6 is 45.2 Å². The zero-order valence-corrected chi connectivity index (χ0v) is 16.6. The van der Waals surface area contributed by atoms with Gasteiger partial charge in [-0.25, -0.2) is 0 Å². The first-order valence-corrected chi connectivity index (χ1v) is 9.43. The van der Waals surface area contributed by atoms with Gasteiger partial charge in [0.05, 0.1) is 15.0 Å². The van der Waals surface area contributed by atoms with Crippen molar-refractivity contribution in [2.45, 2.75) is 33.1 Å².